The fraction of sp³-hybridized carbons (Fsp3) is 0.370. The minimum absolute atomic E-state index is 0.0978. The van der Waals surface area contributed by atoms with E-state index in [0.717, 1.165) is 22.2 Å². The molecule has 2 aromatic carbocycles. The Morgan fingerprint density at radius 3 is 2.45 bits per heavy atom. The van der Waals surface area contributed by atoms with Gasteiger partial charge in [0.05, 0.1) is 26.9 Å². The van der Waals surface area contributed by atoms with E-state index in [4.69, 9.17) is 14.2 Å². The lowest BCUT2D eigenvalue weighted by molar-refractivity contribution is -0.144. The van der Waals surface area contributed by atoms with Gasteiger partial charge in [0.15, 0.2) is 5.82 Å². The summed E-state index contributed by atoms with van der Waals surface area (Å²) in [6.07, 6.45) is 0.638. The Balaban J connectivity index is 1.72. The molecule has 4 rings (SSSR count). The van der Waals surface area contributed by atoms with Gasteiger partial charge in [0.2, 0.25) is 0 Å². The fourth-order valence-corrected chi connectivity index (χ4v) is 4.43. The molecule has 11 heteroatoms. The molecule has 0 aliphatic rings. The Bertz CT molecular complexity index is 1430. The molecule has 4 aromatic rings. The number of pyridine rings is 1. The van der Waals surface area contributed by atoms with Crippen LogP contribution < -0.4 is 15.0 Å². The van der Waals surface area contributed by atoms with Crippen molar-refractivity contribution < 1.29 is 19.0 Å². The number of fused-ring (bicyclic) bond motifs is 1. The minimum atomic E-state index is -0.419. The average Bonchev–Trinajstić information content (AvgIpc) is 3.37. The van der Waals surface area contributed by atoms with Gasteiger partial charge in [-0.25, -0.2) is 4.68 Å². The van der Waals surface area contributed by atoms with Crippen molar-refractivity contribution in [1.82, 2.24) is 30.1 Å². The molecule has 200 valence electrons. The number of carbonyl (C=O) groups excluding carboxylic acids is 1. The molecule has 38 heavy (non-hydrogen) atoms. The molecule has 0 spiro atoms. The first kappa shape index (κ1) is 26.8. The van der Waals surface area contributed by atoms with E-state index in [2.05, 4.69) is 25.4 Å². The van der Waals surface area contributed by atoms with Gasteiger partial charge in [-0.05, 0) is 65.7 Å². The Hall–Kier alpha value is -4.25. The Morgan fingerprint density at radius 2 is 1.76 bits per heavy atom. The van der Waals surface area contributed by atoms with Gasteiger partial charge in [0.25, 0.3) is 5.56 Å². The smallest absolute Gasteiger partial charge is 0.327 e. The van der Waals surface area contributed by atoms with Gasteiger partial charge in [0.1, 0.15) is 18.0 Å². The molecule has 0 unspecified atom stereocenters. The highest BCUT2D eigenvalue weighted by atomic mass is 16.5. The number of rotatable bonds is 12. The number of ether oxygens (including phenoxy) is 3. The van der Waals surface area contributed by atoms with E-state index < -0.39 is 5.97 Å². The number of nitrogens with zero attached hydrogens (tertiary/aromatic N) is 5. The van der Waals surface area contributed by atoms with Crippen molar-refractivity contribution in [2.24, 2.45) is 0 Å². The molecule has 0 aliphatic heterocycles. The molecule has 0 aliphatic carbocycles. The third kappa shape index (κ3) is 6.17. The van der Waals surface area contributed by atoms with Crippen LogP contribution in [0.25, 0.3) is 10.9 Å². The molecule has 2 aromatic heterocycles. The van der Waals surface area contributed by atoms with Crippen molar-refractivity contribution in [2.45, 2.75) is 45.9 Å². The van der Waals surface area contributed by atoms with E-state index in [0.29, 0.717) is 36.6 Å². The van der Waals surface area contributed by atoms with Gasteiger partial charge in [-0.15, -0.1) is 5.10 Å². The topological polar surface area (TPSA) is 124 Å². The van der Waals surface area contributed by atoms with E-state index in [1.54, 1.807) is 21.1 Å². The number of H-pyrrole nitrogens is 1. The molecule has 0 saturated heterocycles. The Morgan fingerprint density at radius 1 is 1.03 bits per heavy atom. The zero-order valence-electron chi connectivity index (χ0n) is 22.0. The van der Waals surface area contributed by atoms with Gasteiger partial charge in [-0.3, -0.25) is 14.5 Å². The third-order valence-corrected chi connectivity index (χ3v) is 6.32. The molecule has 0 bridgehead atoms. The fourth-order valence-electron chi connectivity index (χ4n) is 4.43. The third-order valence-electron chi connectivity index (χ3n) is 6.32. The van der Waals surface area contributed by atoms with E-state index in [9.17, 15) is 9.59 Å². The summed E-state index contributed by atoms with van der Waals surface area (Å²) in [5, 5.41) is 13.0. The van der Waals surface area contributed by atoms with Crippen LogP contribution in [0.15, 0.2) is 53.3 Å². The van der Waals surface area contributed by atoms with Gasteiger partial charge in [-0.1, -0.05) is 19.1 Å². The van der Waals surface area contributed by atoms with Crippen LogP contribution >= 0.6 is 0 Å². The number of aromatic amines is 1. The number of hydrogen-bond acceptors (Lipinski definition) is 9. The summed E-state index contributed by atoms with van der Waals surface area (Å²) < 4.78 is 17.2. The van der Waals surface area contributed by atoms with Crippen LogP contribution in [-0.2, 0) is 29.2 Å². The van der Waals surface area contributed by atoms with Gasteiger partial charge in [0, 0.05) is 29.6 Å². The Labute approximate surface area is 220 Å². The summed E-state index contributed by atoms with van der Waals surface area (Å²) >= 11 is 0. The summed E-state index contributed by atoms with van der Waals surface area (Å²) in [5.41, 5.74) is 2.16. The highest BCUT2D eigenvalue weighted by molar-refractivity contribution is 5.80. The number of esters is 1. The number of benzene rings is 2. The predicted octanol–water partition coefficient (Wildman–Crippen LogP) is 3.25. The minimum Gasteiger partial charge on any atom is -0.497 e. The maximum absolute atomic E-state index is 13.1. The van der Waals surface area contributed by atoms with E-state index in [1.165, 1.54) is 4.68 Å². The summed E-state index contributed by atoms with van der Waals surface area (Å²) in [5.74, 6) is 1.56. The highest BCUT2D eigenvalue weighted by Gasteiger charge is 2.27. The van der Waals surface area contributed by atoms with Gasteiger partial charge in [-0.2, -0.15) is 0 Å². The van der Waals surface area contributed by atoms with E-state index >= 15 is 0 Å². The van der Waals surface area contributed by atoms with Crippen molar-refractivity contribution >= 4 is 16.9 Å². The molecule has 1 atom stereocenters. The van der Waals surface area contributed by atoms with Crippen molar-refractivity contribution in [3.8, 4) is 11.5 Å². The second kappa shape index (κ2) is 12.3. The zero-order chi connectivity index (χ0) is 27.1. The van der Waals surface area contributed by atoms with Gasteiger partial charge < -0.3 is 19.2 Å². The normalized spacial score (nSPS) is 12.0. The molecular formula is C27H32N6O5. The average molecular weight is 521 g/mol. The molecular weight excluding hydrogens is 488 g/mol. The summed E-state index contributed by atoms with van der Waals surface area (Å²) in [7, 11) is 3.23. The number of hydrogen-bond donors (Lipinski definition) is 1. The van der Waals surface area contributed by atoms with Crippen molar-refractivity contribution in [2.75, 3.05) is 20.8 Å². The quantitative estimate of drug-likeness (QED) is 0.280. The molecule has 0 radical (unpaired) electrons. The molecule has 0 fully saturated rings. The van der Waals surface area contributed by atoms with E-state index in [-0.39, 0.29) is 24.8 Å². The largest absolute Gasteiger partial charge is 0.497 e. The summed E-state index contributed by atoms with van der Waals surface area (Å²) in [4.78, 5) is 30.4. The van der Waals surface area contributed by atoms with Crippen LogP contribution in [0.5, 0.6) is 11.5 Å². The van der Waals surface area contributed by atoms with Crippen molar-refractivity contribution in [3.63, 3.8) is 0 Å². The number of nitrogens with one attached hydrogen (secondary N) is 1. The SMILES string of the molecule is CCOC(=O)Cn1nnnc1[C@H](CC)N(Cc1ccc(OC)cc1)Cc1cc2cc(OC)ccc2[nH]c1=O. The predicted molar refractivity (Wildman–Crippen MR) is 141 cm³/mol. The summed E-state index contributed by atoms with van der Waals surface area (Å²) in [6, 6.07) is 14.9. The highest BCUT2D eigenvalue weighted by Crippen LogP contribution is 2.27. The Kier molecular flexibility index (Phi) is 8.70. The number of carbonyl (C=O) groups is 1. The first-order chi connectivity index (χ1) is 18.4. The number of aromatic nitrogens is 5. The lowest BCUT2D eigenvalue weighted by atomic mass is 10.1. The zero-order valence-corrected chi connectivity index (χ0v) is 22.0. The maximum Gasteiger partial charge on any atom is 0.327 e. The van der Waals surface area contributed by atoms with E-state index in [1.807, 2.05) is 55.5 Å². The van der Waals surface area contributed by atoms with Crippen LogP contribution in [0.4, 0.5) is 0 Å². The number of methoxy groups -OCH3 is 2. The van der Waals surface area contributed by atoms with Crippen LogP contribution in [0, 0.1) is 0 Å². The molecule has 1 N–H and O–H groups in total. The maximum atomic E-state index is 13.1. The first-order valence-electron chi connectivity index (χ1n) is 12.4. The van der Waals surface area contributed by atoms with Gasteiger partial charge >= 0.3 is 5.97 Å². The van der Waals surface area contributed by atoms with Crippen LogP contribution in [0.3, 0.4) is 0 Å². The number of tetrazole rings is 1. The standard InChI is InChI=1S/C27H32N6O5/c1-5-24(26-29-30-31-33(26)17-25(34)38-6-2)32(15-18-7-9-21(36-3)10-8-18)16-20-13-19-14-22(37-4)11-12-23(19)28-27(20)35/h7-14,24H,5-6,15-17H2,1-4H3,(H,28,35)/t24-/m0/s1. The second-order valence-corrected chi connectivity index (χ2v) is 8.75. The molecule has 2 heterocycles. The first-order valence-corrected chi connectivity index (χ1v) is 12.4. The monoisotopic (exact) mass is 520 g/mol. The molecule has 11 nitrogen and oxygen atoms in total. The lowest BCUT2D eigenvalue weighted by Gasteiger charge is -2.30. The summed E-state index contributed by atoms with van der Waals surface area (Å²) in [6.45, 7) is 4.76. The van der Waals surface area contributed by atoms with Crippen LogP contribution in [-0.4, -0.2) is 56.9 Å². The van der Waals surface area contributed by atoms with Crippen LogP contribution in [0.1, 0.15) is 43.3 Å². The second-order valence-electron chi connectivity index (χ2n) is 8.75. The van der Waals surface area contributed by atoms with Crippen LogP contribution in [0.2, 0.25) is 0 Å². The van der Waals surface area contributed by atoms with Crippen molar-refractivity contribution in [3.05, 3.63) is 75.8 Å². The van der Waals surface area contributed by atoms with Crippen molar-refractivity contribution in [1.29, 1.82) is 0 Å². The lowest BCUT2D eigenvalue weighted by Crippen LogP contribution is -2.33. The molecule has 0 amide bonds. The molecule has 0 saturated carbocycles.